The van der Waals surface area contributed by atoms with E-state index in [2.05, 4.69) is 15.6 Å². The third kappa shape index (κ3) is 4.70. The van der Waals surface area contributed by atoms with E-state index in [0.29, 0.717) is 5.69 Å². The Labute approximate surface area is 191 Å². The highest BCUT2D eigenvalue weighted by Crippen LogP contribution is 2.23. The summed E-state index contributed by atoms with van der Waals surface area (Å²) in [4.78, 5) is 39.4. The SMILES string of the molecule is O=C(NCc1cc(F)ccc1F)c1c(Nc2ccc(-c3ccccc3)cc2)[nH]c(=O)n(O)c1=O. The zero-order valence-corrected chi connectivity index (χ0v) is 17.5. The standard InChI is InChI=1S/C24H18F2N4O4/c25-17-8-11-19(26)16(12-17)13-27-22(31)20-21(29-24(33)30(34)23(20)32)28-18-9-6-15(7-10-18)14-4-2-1-3-5-14/h1-12,28,34H,13H2,(H,27,31)(H,29,33). The van der Waals surface area contributed by atoms with E-state index >= 15 is 0 Å². The Morgan fingerprint density at radius 1 is 0.941 bits per heavy atom. The normalized spacial score (nSPS) is 10.6. The minimum absolute atomic E-state index is 0.145. The van der Waals surface area contributed by atoms with Crippen LogP contribution in [0.3, 0.4) is 0 Å². The van der Waals surface area contributed by atoms with Crippen molar-refractivity contribution in [2.24, 2.45) is 0 Å². The molecule has 1 aromatic heterocycles. The van der Waals surface area contributed by atoms with Gasteiger partial charge in [0.2, 0.25) is 0 Å². The summed E-state index contributed by atoms with van der Waals surface area (Å²) >= 11 is 0. The summed E-state index contributed by atoms with van der Waals surface area (Å²) in [5, 5.41) is 14.8. The third-order valence-corrected chi connectivity index (χ3v) is 5.02. The van der Waals surface area contributed by atoms with Gasteiger partial charge in [-0.25, -0.2) is 13.6 Å². The van der Waals surface area contributed by atoms with E-state index in [-0.39, 0.29) is 16.1 Å². The van der Waals surface area contributed by atoms with E-state index in [9.17, 15) is 28.4 Å². The lowest BCUT2D eigenvalue weighted by atomic mass is 10.1. The molecule has 172 valence electrons. The molecular weight excluding hydrogens is 446 g/mol. The predicted molar refractivity (Wildman–Crippen MR) is 121 cm³/mol. The van der Waals surface area contributed by atoms with Crippen molar-refractivity contribution in [3.05, 3.63) is 116 Å². The first-order valence-corrected chi connectivity index (χ1v) is 10.1. The number of aromatic nitrogens is 2. The topological polar surface area (TPSA) is 116 Å². The highest BCUT2D eigenvalue weighted by Gasteiger charge is 2.21. The molecule has 0 aliphatic carbocycles. The summed E-state index contributed by atoms with van der Waals surface area (Å²) in [5.41, 5.74) is -0.879. The summed E-state index contributed by atoms with van der Waals surface area (Å²) < 4.78 is 27.0. The molecule has 0 saturated carbocycles. The van der Waals surface area contributed by atoms with Gasteiger partial charge in [-0.2, -0.15) is 0 Å². The number of H-pyrrole nitrogens is 1. The van der Waals surface area contributed by atoms with Crippen molar-refractivity contribution in [1.82, 2.24) is 15.0 Å². The fourth-order valence-electron chi connectivity index (χ4n) is 3.30. The lowest BCUT2D eigenvalue weighted by Crippen LogP contribution is -2.40. The molecule has 34 heavy (non-hydrogen) atoms. The molecule has 4 N–H and O–H groups in total. The summed E-state index contributed by atoms with van der Waals surface area (Å²) in [7, 11) is 0. The zero-order chi connectivity index (χ0) is 24.2. The highest BCUT2D eigenvalue weighted by molar-refractivity contribution is 5.99. The number of halogens is 2. The van der Waals surface area contributed by atoms with Gasteiger partial charge >= 0.3 is 11.2 Å². The van der Waals surface area contributed by atoms with E-state index in [4.69, 9.17) is 0 Å². The minimum Gasteiger partial charge on any atom is -0.421 e. The molecule has 0 fully saturated rings. The van der Waals surface area contributed by atoms with E-state index in [1.807, 2.05) is 30.3 Å². The Hall–Kier alpha value is -4.73. The van der Waals surface area contributed by atoms with Gasteiger partial charge in [0.05, 0.1) is 0 Å². The monoisotopic (exact) mass is 464 g/mol. The van der Waals surface area contributed by atoms with Gasteiger partial charge < -0.3 is 15.8 Å². The maximum atomic E-state index is 13.9. The van der Waals surface area contributed by atoms with Gasteiger partial charge in [0, 0.05) is 17.8 Å². The molecule has 0 aliphatic heterocycles. The van der Waals surface area contributed by atoms with E-state index in [1.165, 1.54) is 0 Å². The molecule has 0 saturated heterocycles. The molecule has 0 bridgehead atoms. The quantitative estimate of drug-likeness (QED) is 0.327. The molecule has 3 aromatic carbocycles. The number of anilines is 2. The summed E-state index contributed by atoms with van der Waals surface area (Å²) in [6, 6.07) is 19.3. The lowest BCUT2D eigenvalue weighted by Gasteiger charge is -2.13. The van der Waals surface area contributed by atoms with Gasteiger partial charge in [0.1, 0.15) is 23.0 Å². The summed E-state index contributed by atoms with van der Waals surface area (Å²) in [5.74, 6) is -2.74. The van der Waals surface area contributed by atoms with Gasteiger partial charge in [-0.1, -0.05) is 47.2 Å². The Morgan fingerprint density at radius 2 is 1.62 bits per heavy atom. The first kappa shape index (κ1) is 22.5. The van der Waals surface area contributed by atoms with Crippen LogP contribution in [-0.2, 0) is 6.54 Å². The maximum absolute atomic E-state index is 13.9. The minimum atomic E-state index is -1.29. The lowest BCUT2D eigenvalue weighted by molar-refractivity contribution is 0.0939. The first-order valence-electron chi connectivity index (χ1n) is 10.1. The highest BCUT2D eigenvalue weighted by atomic mass is 19.1. The van der Waals surface area contributed by atoms with Crippen molar-refractivity contribution in [3.8, 4) is 11.1 Å². The molecule has 8 nitrogen and oxygen atoms in total. The molecule has 1 heterocycles. The molecule has 4 aromatic rings. The second kappa shape index (κ2) is 9.41. The predicted octanol–water partition coefficient (Wildman–Crippen LogP) is 3.39. The number of nitrogens with zero attached hydrogens (tertiary/aromatic N) is 1. The number of nitrogens with one attached hydrogen (secondary N) is 3. The Bertz CT molecular complexity index is 1470. The van der Waals surface area contributed by atoms with Crippen LogP contribution in [0.2, 0.25) is 0 Å². The molecule has 4 rings (SSSR count). The fourth-order valence-corrected chi connectivity index (χ4v) is 3.30. The average molecular weight is 464 g/mol. The second-order valence-electron chi connectivity index (χ2n) is 7.28. The van der Waals surface area contributed by atoms with E-state index < -0.39 is 40.9 Å². The van der Waals surface area contributed by atoms with Crippen molar-refractivity contribution >= 4 is 17.4 Å². The molecule has 10 heteroatoms. The molecule has 0 atom stereocenters. The Morgan fingerprint density at radius 3 is 2.32 bits per heavy atom. The van der Waals surface area contributed by atoms with Crippen molar-refractivity contribution in [2.45, 2.75) is 6.54 Å². The third-order valence-electron chi connectivity index (χ3n) is 5.02. The van der Waals surface area contributed by atoms with E-state index in [0.717, 1.165) is 29.3 Å². The number of carbonyl (C=O) groups excluding carboxylic acids is 1. The van der Waals surface area contributed by atoms with Crippen LogP contribution in [-0.4, -0.2) is 20.8 Å². The number of carbonyl (C=O) groups is 1. The van der Waals surface area contributed by atoms with Crippen molar-refractivity contribution in [1.29, 1.82) is 0 Å². The van der Waals surface area contributed by atoms with Crippen LogP contribution in [0.5, 0.6) is 0 Å². The number of benzene rings is 3. The van der Waals surface area contributed by atoms with Gasteiger partial charge in [-0.3, -0.25) is 14.6 Å². The first-order chi connectivity index (χ1) is 16.3. The number of hydrogen-bond donors (Lipinski definition) is 4. The van der Waals surface area contributed by atoms with Gasteiger partial charge in [0.15, 0.2) is 0 Å². The number of aromatic amines is 1. The Kier molecular flexibility index (Phi) is 6.22. The van der Waals surface area contributed by atoms with Crippen LogP contribution in [0.25, 0.3) is 11.1 Å². The molecule has 0 radical (unpaired) electrons. The second-order valence-corrected chi connectivity index (χ2v) is 7.28. The van der Waals surface area contributed by atoms with Gasteiger partial charge in [-0.05, 0) is 41.5 Å². The maximum Gasteiger partial charge on any atom is 0.363 e. The number of hydrogen-bond acceptors (Lipinski definition) is 5. The Balaban J connectivity index is 1.62. The molecule has 0 spiro atoms. The van der Waals surface area contributed by atoms with E-state index in [1.54, 1.807) is 24.3 Å². The van der Waals surface area contributed by atoms with Gasteiger partial charge in [0.25, 0.3) is 5.91 Å². The van der Waals surface area contributed by atoms with Crippen LogP contribution in [0.1, 0.15) is 15.9 Å². The van der Waals surface area contributed by atoms with Crippen LogP contribution < -0.4 is 21.9 Å². The van der Waals surface area contributed by atoms with Crippen LogP contribution >= 0.6 is 0 Å². The number of rotatable bonds is 6. The molecule has 0 unspecified atom stereocenters. The molecule has 1 amide bonds. The average Bonchev–Trinajstić information content (AvgIpc) is 2.84. The van der Waals surface area contributed by atoms with Crippen LogP contribution in [0, 0.1) is 11.6 Å². The van der Waals surface area contributed by atoms with Crippen LogP contribution in [0.15, 0.2) is 82.4 Å². The van der Waals surface area contributed by atoms with Gasteiger partial charge in [-0.15, -0.1) is 0 Å². The number of amides is 1. The fraction of sp³-hybridized carbons (Fsp3) is 0.0417. The molecule has 0 aliphatic rings. The van der Waals surface area contributed by atoms with Crippen LogP contribution in [0.4, 0.5) is 20.3 Å². The summed E-state index contributed by atoms with van der Waals surface area (Å²) in [6.45, 7) is -0.433. The largest absolute Gasteiger partial charge is 0.421 e. The summed E-state index contributed by atoms with van der Waals surface area (Å²) in [6.07, 6.45) is 0. The smallest absolute Gasteiger partial charge is 0.363 e. The van der Waals surface area contributed by atoms with Crippen molar-refractivity contribution < 1.29 is 18.8 Å². The zero-order valence-electron chi connectivity index (χ0n) is 17.5. The van der Waals surface area contributed by atoms with Crippen molar-refractivity contribution in [2.75, 3.05) is 5.32 Å². The molecular formula is C24H18F2N4O4. The van der Waals surface area contributed by atoms with Crippen molar-refractivity contribution in [3.63, 3.8) is 0 Å².